The molecule has 1 heterocycles. The lowest BCUT2D eigenvalue weighted by Gasteiger charge is -2.33. The Kier molecular flexibility index (Phi) is 13.7. The lowest BCUT2D eigenvalue weighted by molar-refractivity contribution is -0.156. The summed E-state index contributed by atoms with van der Waals surface area (Å²) in [5, 5.41) is 2.84. The molecular weight excluding hydrogens is 578 g/mol. The summed E-state index contributed by atoms with van der Waals surface area (Å²) in [5.41, 5.74) is 7.06. The van der Waals surface area contributed by atoms with Crippen LogP contribution in [0.4, 0.5) is 10.5 Å². The smallest absolute Gasteiger partial charge is 0.407 e. The van der Waals surface area contributed by atoms with Gasteiger partial charge >= 0.3 is 12.1 Å². The summed E-state index contributed by atoms with van der Waals surface area (Å²) in [6.45, 7) is 4.52. The van der Waals surface area contributed by atoms with E-state index in [1.165, 1.54) is 35.7 Å². The molecule has 1 saturated heterocycles. The van der Waals surface area contributed by atoms with Crippen molar-refractivity contribution in [1.29, 1.82) is 0 Å². The number of methoxy groups -OCH3 is 1. The van der Waals surface area contributed by atoms with E-state index >= 15 is 0 Å². The molecule has 0 radical (unpaired) electrons. The van der Waals surface area contributed by atoms with E-state index in [1.807, 2.05) is 44.2 Å². The van der Waals surface area contributed by atoms with Gasteiger partial charge in [0.05, 0.1) is 43.9 Å². The maximum atomic E-state index is 13.9. The van der Waals surface area contributed by atoms with Crippen LogP contribution < -0.4 is 11.1 Å². The fourth-order valence-corrected chi connectivity index (χ4v) is 6.12. The van der Waals surface area contributed by atoms with Crippen molar-refractivity contribution in [3.05, 3.63) is 60.2 Å². The summed E-state index contributed by atoms with van der Waals surface area (Å²) in [7, 11) is -2.53. The molecule has 2 aromatic carbocycles. The van der Waals surface area contributed by atoms with Gasteiger partial charge in [0.2, 0.25) is 10.0 Å². The maximum absolute atomic E-state index is 13.9. The van der Waals surface area contributed by atoms with Crippen LogP contribution in [-0.4, -0.2) is 96.3 Å². The number of nitrogens with two attached hydrogens (primary N) is 1. The number of anilines is 1. The van der Waals surface area contributed by atoms with Crippen LogP contribution in [-0.2, 0) is 44.9 Å². The van der Waals surface area contributed by atoms with Crippen molar-refractivity contribution in [3.63, 3.8) is 0 Å². The Bertz CT molecular complexity index is 1240. The van der Waals surface area contributed by atoms with Crippen LogP contribution in [0.15, 0.2) is 59.5 Å². The van der Waals surface area contributed by atoms with Crippen LogP contribution in [0.25, 0.3) is 0 Å². The second-order valence-corrected chi connectivity index (χ2v) is 12.6. The zero-order valence-corrected chi connectivity index (χ0v) is 25.8. The molecule has 0 aromatic heterocycles. The quantitative estimate of drug-likeness (QED) is 0.153. The van der Waals surface area contributed by atoms with Gasteiger partial charge in [0.25, 0.3) is 0 Å². The number of rotatable bonds is 17. The van der Waals surface area contributed by atoms with E-state index in [1.54, 1.807) is 0 Å². The highest BCUT2D eigenvalue weighted by Gasteiger charge is 2.35. The minimum absolute atomic E-state index is 0.0449. The molecule has 1 aliphatic rings. The molecule has 238 valence electrons. The molecule has 1 fully saturated rings. The minimum Gasteiger partial charge on any atom is -0.457 e. The Labute approximate surface area is 253 Å². The molecule has 3 atom stereocenters. The Hall–Kier alpha value is -3.23. The van der Waals surface area contributed by atoms with Gasteiger partial charge in [-0.15, -0.1) is 0 Å². The predicted molar refractivity (Wildman–Crippen MR) is 160 cm³/mol. The molecule has 1 amide bonds. The predicted octanol–water partition coefficient (Wildman–Crippen LogP) is 2.62. The highest BCUT2D eigenvalue weighted by molar-refractivity contribution is 7.89. The van der Waals surface area contributed by atoms with Gasteiger partial charge in [-0.2, -0.15) is 4.31 Å². The van der Waals surface area contributed by atoms with Gasteiger partial charge in [-0.05, 0) is 42.2 Å². The van der Waals surface area contributed by atoms with E-state index in [-0.39, 0.29) is 56.8 Å². The minimum atomic E-state index is -4.04. The van der Waals surface area contributed by atoms with Crippen LogP contribution in [0, 0.1) is 5.92 Å². The second kappa shape index (κ2) is 17.2. The number of esters is 1. The highest BCUT2D eigenvalue weighted by atomic mass is 32.2. The lowest BCUT2D eigenvalue weighted by atomic mass is 10.0. The van der Waals surface area contributed by atoms with Gasteiger partial charge < -0.3 is 34.7 Å². The van der Waals surface area contributed by atoms with Crippen molar-refractivity contribution >= 4 is 27.8 Å². The maximum Gasteiger partial charge on any atom is 0.407 e. The van der Waals surface area contributed by atoms with Gasteiger partial charge in [-0.1, -0.05) is 44.2 Å². The van der Waals surface area contributed by atoms with Gasteiger partial charge in [-0.3, -0.25) is 0 Å². The monoisotopic (exact) mass is 621 g/mol. The van der Waals surface area contributed by atoms with Crippen molar-refractivity contribution in [2.45, 2.75) is 49.8 Å². The van der Waals surface area contributed by atoms with Crippen LogP contribution in [0.2, 0.25) is 0 Å². The average Bonchev–Trinajstić information content (AvgIpc) is 3.47. The summed E-state index contributed by atoms with van der Waals surface area (Å²) >= 11 is 0. The number of sulfonamides is 1. The molecule has 0 bridgehead atoms. The molecular formula is C30H43N3O9S. The number of carbonyl (C=O) groups is 2. The number of hydrogen-bond donors (Lipinski definition) is 2. The van der Waals surface area contributed by atoms with Crippen molar-refractivity contribution in [3.8, 4) is 0 Å². The number of benzene rings is 2. The Morgan fingerprint density at radius 3 is 2.42 bits per heavy atom. The summed E-state index contributed by atoms with van der Waals surface area (Å²) in [6.07, 6.45) is -1.43. The normalized spacial score (nSPS) is 16.6. The first kappa shape index (κ1) is 34.3. The first-order valence-corrected chi connectivity index (χ1v) is 15.7. The fraction of sp³-hybridized carbons (Fsp3) is 0.533. The third kappa shape index (κ3) is 11.4. The summed E-state index contributed by atoms with van der Waals surface area (Å²) in [4.78, 5) is 26.0. The molecule has 3 rings (SSSR count). The summed E-state index contributed by atoms with van der Waals surface area (Å²) < 4.78 is 56.0. The van der Waals surface area contributed by atoms with Crippen molar-refractivity contribution in [2.24, 2.45) is 5.92 Å². The third-order valence-electron chi connectivity index (χ3n) is 6.62. The van der Waals surface area contributed by atoms with Crippen LogP contribution >= 0.6 is 0 Å². The molecule has 1 aliphatic heterocycles. The molecule has 0 saturated carbocycles. The van der Waals surface area contributed by atoms with E-state index in [2.05, 4.69) is 5.32 Å². The number of amides is 1. The number of nitrogens with one attached hydrogen (secondary N) is 1. The molecule has 0 spiro atoms. The van der Waals surface area contributed by atoms with Gasteiger partial charge in [0.15, 0.2) is 0 Å². The number of hydrogen-bond acceptors (Lipinski definition) is 10. The van der Waals surface area contributed by atoms with E-state index in [4.69, 9.17) is 29.4 Å². The summed E-state index contributed by atoms with van der Waals surface area (Å²) in [6, 6.07) is 14.3. The number of ether oxygens (including phenoxy) is 5. The topological polar surface area (TPSA) is 156 Å². The summed E-state index contributed by atoms with van der Waals surface area (Å²) in [5.74, 6) is -0.780. The second-order valence-electron chi connectivity index (χ2n) is 10.7. The Morgan fingerprint density at radius 1 is 1.07 bits per heavy atom. The van der Waals surface area contributed by atoms with Gasteiger partial charge in [-0.25, -0.2) is 18.0 Å². The van der Waals surface area contributed by atoms with Gasteiger partial charge in [0, 0.05) is 25.8 Å². The molecule has 12 nitrogen and oxygen atoms in total. The first-order chi connectivity index (χ1) is 20.6. The zero-order chi connectivity index (χ0) is 31.2. The fourth-order valence-electron chi connectivity index (χ4n) is 4.50. The number of nitrogen functional groups attached to an aromatic ring is 1. The molecule has 2 unspecified atom stereocenters. The van der Waals surface area contributed by atoms with Crippen molar-refractivity contribution in [2.75, 3.05) is 59.0 Å². The lowest BCUT2D eigenvalue weighted by Crippen LogP contribution is -2.53. The van der Waals surface area contributed by atoms with E-state index < -0.39 is 40.3 Å². The molecule has 3 N–H and O–H groups in total. The van der Waals surface area contributed by atoms with Crippen LogP contribution in [0.5, 0.6) is 0 Å². The largest absolute Gasteiger partial charge is 0.457 e. The molecule has 0 aliphatic carbocycles. The van der Waals surface area contributed by atoms with E-state index in [9.17, 15) is 18.0 Å². The third-order valence-corrected chi connectivity index (χ3v) is 8.46. The molecule has 43 heavy (non-hydrogen) atoms. The first-order valence-electron chi connectivity index (χ1n) is 14.3. The molecule has 2 aromatic rings. The standard InChI is InChI=1S/C30H43N3O9S/c1-22(2)18-33(43(36,37)26-11-9-24(31)10-12-26)19-28(42-29(34)21-40-16-15-38-3)27(17-23-7-5-4-6-8-23)32-30(35)41-25-13-14-39-20-25/h4-12,22,25,27-28H,13-21,31H2,1-3H3,(H,32,35)/t25?,27-,28?/m0/s1. The molecule has 13 heteroatoms. The average molecular weight is 622 g/mol. The van der Waals surface area contributed by atoms with E-state index in [0.29, 0.717) is 18.7 Å². The van der Waals surface area contributed by atoms with Crippen molar-refractivity contribution in [1.82, 2.24) is 9.62 Å². The van der Waals surface area contributed by atoms with Crippen LogP contribution in [0.1, 0.15) is 25.8 Å². The van der Waals surface area contributed by atoms with Gasteiger partial charge in [0.1, 0.15) is 18.8 Å². The number of carbonyl (C=O) groups excluding carboxylic acids is 2. The zero-order valence-electron chi connectivity index (χ0n) is 25.0. The Balaban J connectivity index is 1.94. The SMILES string of the molecule is COCCOCC(=O)OC(CN(CC(C)C)S(=O)(=O)c1ccc(N)cc1)[C@H](Cc1ccccc1)NC(=O)OC1CCOC1. The van der Waals surface area contributed by atoms with Crippen molar-refractivity contribution < 1.29 is 41.7 Å². The number of alkyl carbamates (subject to hydrolysis) is 1. The van der Waals surface area contributed by atoms with Crippen LogP contribution in [0.3, 0.4) is 0 Å². The number of nitrogens with zero attached hydrogens (tertiary/aromatic N) is 1. The highest BCUT2D eigenvalue weighted by Crippen LogP contribution is 2.22. The Morgan fingerprint density at radius 2 is 1.79 bits per heavy atom. The van der Waals surface area contributed by atoms with E-state index in [0.717, 1.165) is 5.56 Å².